The molecule has 1 aromatic rings. The summed E-state index contributed by atoms with van der Waals surface area (Å²) in [5, 5.41) is 5.03. The molecule has 2 N–H and O–H groups in total. The van der Waals surface area contributed by atoms with Gasteiger partial charge in [-0.15, -0.1) is 0 Å². The number of hydrazine groups is 1. The first-order chi connectivity index (χ1) is 8.74. The molecule has 0 atom stereocenters. The number of carbonyl (C=O) groups is 1. The number of carbonyl (C=O) groups excluding carboxylic acids is 1. The summed E-state index contributed by atoms with van der Waals surface area (Å²) in [5.41, 5.74) is 5.19. The fraction of sp³-hybridized carbons (Fsp3) is 0.500. The molecule has 0 spiro atoms. The molecule has 1 fully saturated rings. The van der Waals surface area contributed by atoms with Crippen molar-refractivity contribution in [1.29, 1.82) is 0 Å². The molecule has 0 aromatic heterocycles. The average molecular weight is 247 g/mol. The van der Waals surface area contributed by atoms with Crippen molar-refractivity contribution in [2.24, 2.45) is 0 Å². The number of amides is 1. The molecule has 4 nitrogen and oxygen atoms in total. The van der Waals surface area contributed by atoms with E-state index in [1.165, 1.54) is 19.3 Å². The van der Waals surface area contributed by atoms with Gasteiger partial charge in [-0.25, -0.2) is 10.4 Å². The highest BCUT2D eigenvalue weighted by Crippen LogP contribution is 2.09. The van der Waals surface area contributed by atoms with E-state index in [4.69, 9.17) is 0 Å². The van der Waals surface area contributed by atoms with Crippen LogP contribution in [0.25, 0.3) is 0 Å². The van der Waals surface area contributed by atoms with Crippen LogP contribution < -0.4 is 10.7 Å². The smallest absolute Gasteiger partial charge is 0.239 e. The molecule has 1 amide bonds. The fourth-order valence-electron chi connectivity index (χ4n) is 2.16. The number of hydrogen-bond acceptors (Lipinski definition) is 3. The van der Waals surface area contributed by atoms with Crippen molar-refractivity contribution >= 4 is 11.6 Å². The molecule has 18 heavy (non-hydrogen) atoms. The van der Waals surface area contributed by atoms with E-state index in [0.717, 1.165) is 24.3 Å². The summed E-state index contributed by atoms with van der Waals surface area (Å²) in [7, 11) is 0. The molecule has 98 valence electrons. The molecular formula is C14H21N3O. The molecule has 1 aliphatic rings. The molecule has 1 saturated heterocycles. The van der Waals surface area contributed by atoms with Crippen LogP contribution in [0.1, 0.15) is 24.8 Å². The standard InChI is InChI=1S/C14H21N3O/c1-12-6-5-7-13(10-12)16-14(18)11-15-17-8-3-2-4-9-17/h5-7,10,15H,2-4,8-9,11H2,1H3,(H,16,18). The number of rotatable bonds is 4. The van der Waals surface area contributed by atoms with Crippen LogP contribution in [0.2, 0.25) is 0 Å². The molecular weight excluding hydrogens is 226 g/mol. The monoisotopic (exact) mass is 247 g/mol. The van der Waals surface area contributed by atoms with Crippen molar-refractivity contribution < 1.29 is 4.79 Å². The van der Waals surface area contributed by atoms with Crippen LogP contribution in [-0.4, -0.2) is 30.6 Å². The summed E-state index contributed by atoms with van der Waals surface area (Å²) in [6.07, 6.45) is 3.73. The molecule has 0 unspecified atom stereocenters. The van der Waals surface area contributed by atoms with Crippen molar-refractivity contribution in [3.05, 3.63) is 29.8 Å². The third-order valence-electron chi connectivity index (χ3n) is 3.12. The summed E-state index contributed by atoms with van der Waals surface area (Å²) in [6.45, 7) is 4.44. The van der Waals surface area contributed by atoms with E-state index in [0.29, 0.717) is 6.54 Å². The van der Waals surface area contributed by atoms with Crippen LogP contribution in [0.5, 0.6) is 0 Å². The zero-order valence-corrected chi connectivity index (χ0v) is 10.9. The van der Waals surface area contributed by atoms with Gasteiger partial charge in [0, 0.05) is 18.8 Å². The van der Waals surface area contributed by atoms with Gasteiger partial charge in [0.2, 0.25) is 5.91 Å². The second kappa shape index (κ2) is 6.52. The average Bonchev–Trinajstić information content (AvgIpc) is 2.38. The number of nitrogens with zero attached hydrogens (tertiary/aromatic N) is 1. The lowest BCUT2D eigenvalue weighted by Gasteiger charge is -2.26. The Morgan fingerprint density at radius 2 is 2.06 bits per heavy atom. The van der Waals surface area contributed by atoms with Gasteiger partial charge in [0.05, 0.1) is 6.54 Å². The third-order valence-corrected chi connectivity index (χ3v) is 3.12. The Balaban J connectivity index is 1.74. The zero-order valence-electron chi connectivity index (χ0n) is 10.9. The molecule has 2 rings (SSSR count). The van der Waals surface area contributed by atoms with Crippen molar-refractivity contribution in [1.82, 2.24) is 10.4 Å². The maximum atomic E-state index is 11.8. The Morgan fingerprint density at radius 3 is 2.78 bits per heavy atom. The van der Waals surface area contributed by atoms with Gasteiger partial charge in [-0.05, 0) is 37.5 Å². The lowest BCUT2D eigenvalue weighted by atomic mass is 10.2. The Labute approximate surface area is 108 Å². The highest BCUT2D eigenvalue weighted by molar-refractivity contribution is 5.92. The lowest BCUT2D eigenvalue weighted by molar-refractivity contribution is -0.116. The van der Waals surface area contributed by atoms with Gasteiger partial charge < -0.3 is 5.32 Å². The van der Waals surface area contributed by atoms with Gasteiger partial charge in [-0.3, -0.25) is 4.79 Å². The van der Waals surface area contributed by atoms with Gasteiger partial charge in [-0.2, -0.15) is 0 Å². The van der Waals surface area contributed by atoms with Crippen LogP contribution in [-0.2, 0) is 4.79 Å². The molecule has 4 heteroatoms. The van der Waals surface area contributed by atoms with E-state index in [2.05, 4.69) is 15.8 Å². The maximum Gasteiger partial charge on any atom is 0.239 e. The van der Waals surface area contributed by atoms with Crippen LogP contribution in [0.4, 0.5) is 5.69 Å². The Bertz CT molecular complexity index is 400. The molecule has 0 aliphatic carbocycles. The molecule has 0 bridgehead atoms. The first kappa shape index (κ1) is 13.1. The minimum absolute atomic E-state index is 0.00572. The van der Waals surface area contributed by atoms with E-state index in [-0.39, 0.29) is 5.91 Å². The predicted octanol–water partition coefficient (Wildman–Crippen LogP) is 1.92. The van der Waals surface area contributed by atoms with Gasteiger partial charge in [-0.1, -0.05) is 18.6 Å². The van der Waals surface area contributed by atoms with E-state index in [1.807, 2.05) is 31.2 Å². The van der Waals surface area contributed by atoms with Gasteiger partial charge in [0.1, 0.15) is 0 Å². The van der Waals surface area contributed by atoms with E-state index in [1.54, 1.807) is 0 Å². The number of piperidine rings is 1. The Kier molecular flexibility index (Phi) is 4.73. The first-order valence-corrected chi connectivity index (χ1v) is 6.59. The topological polar surface area (TPSA) is 44.4 Å². The molecule has 1 aliphatic heterocycles. The van der Waals surface area contributed by atoms with Crippen LogP contribution in [0.15, 0.2) is 24.3 Å². The Hall–Kier alpha value is -1.39. The highest BCUT2D eigenvalue weighted by atomic mass is 16.2. The summed E-state index contributed by atoms with van der Waals surface area (Å²) >= 11 is 0. The highest BCUT2D eigenvalue weighted by Gasteiger charge is 2.10. The summed E-state index contributed by atoms with van der Waals surface area (Å²) in [5.74, 6) is 0.00572. The quantitative estimate of drug-likeness (QED) is 0.854. The van der Waals surface area contributed by atoms with Crippen molar-refractivity contribution in [2.75, 3.05) is 25.0 Å². The molecule has 0 radical (unpaired) electrons. The minimum atomic E-state index is 0.00572. The van der Waals surface area contributed by atoms with Crippen LogP contribution in [0, 0.1) is 6.92 Å². The van der Waals surface area contributed by atoms with Gasteiger partial charge in [0.25, 0.3) is 0 Å². The molecule has 1 heterocycles. The Morgan fingerprint density at radius 1 is 1.28 bits per heavy atom. The maximum absolute atomic E-state index is 11.8. The largest absolute Gasteiger partial charge is 0.325 e. The fourth-order valence-corrected chi connectivity index (χ4v) is 2.16. The number of anilines is 1. The summed E-state index contributed by atoms with van der Waals surface area (Å²) in [6, 6.07) is 7.84. The van der Waals surface area contributed by atoms with Crippen LogP contribution in [0.3, 0.4) is 0 Å². The molecule has 1 aromatic carbocycles. The summed E-state index contributed by atoms with van der Waals surface area (Å²) < 4.78 is 0. The van der Waals surface area contributed by atoms with Crippen molar-refractivity contribution in [3.8, 4) is 0 Å². The number of benzene rings is 1. The normalized spacial score (nSPS) is 16.5. The van der Waals surface area contributed by atoms with E-state index in [9.17, 15) is 4.79 Å². The lowest BCUT2D eigenvalue weighted by Crippen LogP contribution is -2.45. The number of aryl methyl sites for hydroxylation is 1. The minimum Gasteiger partial charge on any atom is -0.325 e. The predicted molar refractivity (Wildman–Crippen MR) is 73.2 cm³/mol. The second-order valence-electron chi connectivity index (χ2n) is 4.80. The van der Waals surface area contributed by atoms with Crippen molar-refractivity contribution in [2.45, 2.75) is 26.2 Å². The van der Waals surface area contributed by atoms with E-state index < -0.39 is 0 Å². The van der Waals surface area contributed by atoms with E-state index >= 15 is 0 Å². The first-order valence-electron chi connectivity index (χ1n) is 6.59. The summed E-state index contributed by atoms with van der Waals surface area (Å²) in [4.78, 5) is 11.8. The third kappa shape index (κ3) is 4.13. The second-order valence-corrected chi connectivity index (χ2v) is 4.80. The number of hydrogen-bond donors (Lipinski definition) is 2. The SMILES string of the molecule is Cc1cccc(NC(=O)CNN2CCCCC2)c1. The van der Waals surface area contributed by atoms with Crippen molar-refractivity contribution in [3.63, 3.8) is 0 Å². The molecule has 0 saturated carbocycles. The van der Waals surface area contributed by atoms with Gasteiger partial charge >= 0.3 is 0 Å². The number of nitrogens with one attached hydrogen (secondary N) is 2. The zero-order chi connectivity index (χ0) is 12.8. The van der Waals surface area contributed by atoms with Crippen LogP contribution >= 0.6 is 0 Å². The van der Waals surface area contributed by atoms with Gasteiger partial charge in [0.15, 0.2) is 0 Å².